The molecule has 1 heterocycles. The van der Waals surface area contributed by atoms with Gasteiger partial charge < -0.3 is 19.9 Å². The van der Waals surface area contributed by atoms with Gasteiger partial charge in [-0.2, -0.15) is 4.98 Å². The van der Waals surface area contributed by atoms with Gasteiger partial charge in [-0.15, -0.1) is 0 Å². The first kappa shape index (κ1) is 17.1. The lowest BCUT2D eigenvalue weighted by molar-refractivity contribution is -0.132. The Morgan fingerprint density at radius 2 is 2.10 bits per heavy atom. The van der Waals surface area contributed by atoms with Crippen molar-refractivity contribution >= 4 is 11.8 Å². The molecule has 0 spiro atoms. The molecular weight excluding hydrogens is 276 g/mol. The van der Waals surface area contributed by atoms with Gasteiger partial charge >= 0.3 is 0 Å². The zero-order valence-corrected chi connectivity index (χ0v) is 13.0. The minimum Gasteiger partial charge on any atom is -0.384 e. The van der Waals surface area contributed by atoms with E-state index in [1.165, 1.54) is 6.92 Å². The molecule has 0 saturated heterocycles. The molecule has 1 aromatic rings. The number of methoxy groups -OCH3 is 1. The van der Waals surface area contributed by atoms with Crippen LogP contribution in [0.3, 0.4) is 0 Å². The molecule has 0 aromatic carbocycles. The molecule has 0 unspecified atom stereocenters. The van der Waals surface area contributed by atoms with E-state index in [0.717, 1.165) is 0 Å². The van der Waals surface area contributed by atoms with Crippen LogP contribution >= 0.6 is 0 Å². The van der Waals surface area contributed by atoms with Crippen LogP contribution in [0.5, 0.6) is 0 Å². The highest BCUT2D eigenvalue weighted by molar-refractivity contribution is 5.90. The average Bonchev–Trinajstić information content (AvgIpc) is 2.83. The molecule has 118 valence electrons. The number of nitrogens with zero attached hydrogens (tertiary/aromatic N) is 2. The summed E-state index contributed by atoms with van der Waals surface area (Å²) in [5, 5.41) is 9.11. The summed E-state index contributed by atoms with van der Waals surface area (Å²) in [5.41, 5.74) is -1.01. The summed E-state index contributed by atoms with van der Waals surface area (Å²) < 4.78 is 10.0. The highest BCUT2D eigenvalue weighted by atomic mass is 16.5. The molecule has 0 saturated carbocycles. The van der Waals surface area contributed by atoms with Gasteiger partial charge in [-0.1, -0.05) is 5.16 Å². The van der Waals surface area contributed by atoms with Crippen molar-refractivity contribution in [3.8, 4) is 0 Å². The molecule has 0 aliphatic carbocycles. The molecular formula is C13H22N4O4. The van der Waals surface area contributed by atoms with Gasteiger partial charge in [0.2, 0.25) is 17.7 Å². The molecule has 0 bridgehead atoms. The zero-order chi connectivity index (χ0) is 16.0. The first-order valence-electron chi connectivity index (χ1n) is 6.67. The molecule has 8 heteroatoms. The third-order valence-corrected chi connectivity index (χ3v) is 2.79. The summed E-state index contributed by atoms with van der Waals surface area (Å²) in [6.07, 6.45) is 0.540. The second-order valence-corrected chi connectivity index (χ2v) is 5.29. The lowest BCUT2D eigenvalue weighted by Gasteiger charge is -2.25. The summed E-state index contributed by atoms with van der Waals surface area (Å²) in [5.74, 6) is 0.228. The quantitative estimate of drug-likeness (QED) is 0.752. The summed E-state index contributed by atoms with van der Waals surface area (Å²) in [4.78, 5) is 27.4. The molecule has 0 aliphatic rings. The van der Waals surface area contributed by atoms with Crippen molar-refractivity contribution < 1.29 is 18.8 Å². The summed E-state index contributed by atoms with van der Waals surface area (Å²) in [7, 11) is 1.59. The number of aromatic nitrogens is 2. The minimum atomic E-state index is -1.01. The summed E-state index contributed by atoms with van der Waals surface area (Å²) in [6.45, 7) is 6.83. The number of rotatable bonds is 7. The third kappa shape index (κ3) is 5.14. The van der Waals surface area contributed by atoms with Crippen molar-refractivity contribution in [3.05, 3.63) is 11.7 Å². The SMILES string of the molecule is COCCc1noc([C@H](C)NC(=O)C(C)(C)NC(C)=O)n1. The fourth-order valence-electron chi connectivity index (χ4n) is 1.67. The van der Waals surface area contributed by atoms with Crippen LogP contribution < -0.4 is 10.6 Å². The molecule has 2 N–H and O–H groups in total. The van der Waals surface area contributed by atoms with E-state index in [1.54, 1.807) is 27.9 Å². The van der Waals surface area contributed by atoms with E-state index in [-0.39, 0.29) is 11.8 Å². The van der Waals surface area contributed by atoms with Gasteiger partial charge in [-0.25, -0.2) is 0 Å². The first-order chi connectivity index (χ1) is 9.76. The monoisotopic (exact) mass is 298 g/mol. The normalized spacial score (nSPS) is 12.8. The van der Waals surface area contributed by atoms with Gasteiger partial charge in [0.15, 0.2) is 5.82 Å². The van der Waals surface area contributed by atoms with E-state index in [9.17, 15) is 9.59 Å². The average molecular weight is 298 g/mol. The van der Waals surface area contributed by atoms with E-state index in [1.807, 2.05) is 0 Å². The number of nitrogens with one attached hydrogen (secondary N) is 2. The van der Waals surface area contributed by atoms with Gasteiger partial charge in [0.1, 0.15) is 11.6 Å². The fraction of sp³-hybridized carbons (Fsp3) is 0.692. The molecule has 1 aromatic heterocycles. The van der Waals surface area contributed by atoms with Crippen molar-refractivity contribution in [2.24, 2.45) is 0 Å². The standard InChI is InChI=1S/C13H22N4O4/c1-8(11-15-10(17-21-11)6-7-20-5)14-12(19)13(3,4)16-9(2)18/h8H,6-7H2,1-5H3,(H,14,19)(H,16,18)/t8-/m0/s1. The first-order valence-corrected chi connectivity index (χ1v) is 6.67. The van der Waals surface area contributed by atoms with Crippen LogP contribution in [-0.2, 0) is 20.7 Å². The second-order valence-electron chi connectivity index (χ2n) is 5.29. The predicted octanol–water partition coefficient (Wildman–Crippen LogP) is 0.350. The van der Waals surface area contributed by atoms with Crippen LogP contribution in [0.4, 0.5) is 0 Å². The largest absolute Gasteiger partial charge is 0.384 e. The maximum atomic E-state index is 12.1. The summed E-state index contributed by atoms with van der Waals surface area (Å²) in [6, 6.07) is -0.450. The summed E-state index contributed by atoms with van der Waals surface area (Å²) >= 11 is 0. The van der Waals surface area contributed by atoms with Crippen molar-refractivity contribution in [2.45, 2.75) is 45.7 Å². The van der Waals surface area contributed by atoms with E-state index >= 15 is 0 Å². The van der Waals surface area contributed by atoms with Crippen molar-refractivity contribution in [1.29, 1.82) is 0 Å². The van der Waals surface area contributed by atoms with E-state index < -0.39 is 11.6 Å². The number of ether oxygens (including phenoxy) is 1. The Hall–Kier alpha value is -1.96. The topological polar surface area (TPSA) is 106 Å². The van der Waals surface area contributed by atoms with E-state index in [0.29, 0.717) is 24.7 Å². The van der Waals surface area contributed by atoms with Crippen LogP contribution in [0.25, 0.3) is 0 Å². The number of carbonyl (C=O) groups is 2. The van der Waals surface area contributed by atoms with Crippen molar-refractivity contribution in [3.63, 3.8) is 0 Å². The number of hydrogen-bond acceptors (Lipinski definition) is 6. The molecule has 2 amide bonds. The molecule has 21 heavy (non-hydrogen) atoms. The Balaban J connectivity index is 2.63. The Kier molecular flexibility index (Phi) is 5.83. The molecule has 0 aliphatic heterocycles. The Morgan fingerprint density at radius 1 is 1.43 bits per heavy atom. The predicted molar refractivity (Wildman–Crippen MR) is 74.3 cm³/mol. The van der Waals surface area contributed by atoms with Crippen LogP contribution in [0, 0.1) is 0 Å². The number of hydrogen-bond donors (Lipinski definition) is 2. The van der Waals surface area contributed by atoms with Gasteiger partial charge in [0, 0.05) is 20.5 Å². The molecule has 8 nitrogen and oxygen atoms in total. The smallest absolute Gasteiger partial charge is 0.248 e. The van der Waals surface area contributed by atoms with Crippen molar-refractivity contribution in [2.75, 3.05) is 13.7 Å². The fourth-order valence-corrected chi connectivity index (χ4v) is 1.67. The van der Waals surface area contributed by atoms with E-state index in [4.69, 9.17) is 9.26 Å². The van der Waals surface area contributed by atoms with Gasteiger partial charge in [0.05, 0.1) is 6.61 Å². The van der Waals surface area contributed by atoms with Crippen molar-refractivity contribution in [1.82, 2.24) is 20.8 Å². The minimum absolute atomic E-state index is 0.276. The van der Waals surface area contributed by atoms with Gasteiger partial charge in [-0.3, -0.25) is 9.59 Å². The lowest BCUT2D eigenvalue weighted by atomic mass is 10.0. The molecule has 1 atom stereocenters. The van der Waals surface area contributed by atoms with Crippen LogP contribution in [0.2, 0.25) is 0 Å². The van der Waals surface area contributed by atoms with Crippen LogP contribution in [0.1, 0.15) is 45.5 Å². The second kappa shape index (κ2) is 7.16. The highest BCUT2D eigenvalue weighted by Crippen LogP contribution is 2.12. The Labute approximate surface area is 123 Å². The Bertz CT molecular complexity index is 498. The number of carbonyl (C=O) groups excluding carboxylic acids is 2. The van der Waals surface area contributed by atoms with E-state index in [2.05, 4.69) is 20.8 Å². The molecule has 0 radical (unpaired) electrons. The van der Waals surface area contributed by atoms with Gasteiger partial charge in [-0.05, 0) is 20.8 Å². The lowest BCUT2D eigenvalue weighted by Crippen LogP contribution is -2.54. The molecule has 1 rings (SSSR count). The van der Waals surface area contributed by atoms with Crippen LogP contribution in [-0.4, -0.2) is 41.2 Å². The third-order valence-electron chi connectivity index (χ3n) is 2.79. The number of amides is 2. The maximum absolute atomic E-state index is 12.1. The maximum Gasteiger partial charge on any atom is 0.248 e. The Morgan fingerprint density at radius 3 is 2.67 bits per heavy atom. The molecule has 0 fully saturated rings. The zero-order valence-electron chi connectivity index (χ0n) is 13.0. The van der Waals surface area contributed by atoms with Crippen LogP contribution in [0.15, 0.2) is 4.52 Å². The highest BCUT2D eigenvalue weighted by Gasteiger charge is 2.30. The van der Waals surface area contributed by atoms with Gasteiger partial charge in [0.25, 0.3) is 0 Å².